The number of fused-ring (bicyclic) bond motifs is 12. The highest BCUT2D eigenvalue weighted by Crippen LogP contribution is 2.51. The first kappa shape index (κ1) is 33.2. The Morgan fingerprint density at radius 3 is 0.967 bits per heavy atom. The number of anilines is 6. The second-order valence-electron chi connectivity index (χ2n) is 16.3. The molecule has 4 aromatic heterocycles. The Balaban J connectivity index is 1.15. The van der Waals surface area contributed by atoms with Gasteiger partial charge in [-0.15, -0.1) is 0 Å². The molecule has 0 aliphatic heterocycles. The van der Waals surface area contributed by atoms with E-state index in [4.69, 9.17) is 0 Å². The minimum Gasteiger partial charge on any atom is -0.310 e. The monoisotopic (exact) mass is 766 g/mol. The molecule has 0 bridgehead atoms. The Kier molecular flexibility index (Phi) is 6.83. The van der Waals surface area contributed by atoms with Crippen LogP contribution in [0.1, 0.15) is 11.1 Å². The summed E-state index contributed by atoms with van der Waals surface area (Å²) in [6.07, 6.45) is 0. The number of nitrogens with zero attached hydrogens (tertiary/aromatic N) is 4. The molecule has 0 unspecified atom stereocenters. The first-order chi connectivity index (χ1) is 29.6. The number of aryl methyl sites for hydroxylation is 2. The molecule has 0 fully saturated rings. The van der Waals surface area contributed by atoms with Crippen LogP contribution in [-0.2, 0) is 0 Å². The first-order valence-corrected chi connectivity index (χ1v) is 20.8. The SMILES string of the molecule is Cc1ccc2c3c(N(c4ccccc4)c4ccccc4)ccc4c5cc6c(cc5n(c2c1)c43)c1ccc(N(c2ccccc2)c2ccccc2)c2c3ccc(C)cc3n6c12. The molecule has 13 rings (SSSR count). The third kappa shape index (κ3) is 4.50. The highest BCUT2D eigenvalue weighted by atomic mass is 15.2. The van der Waals surface area contributed by atoms with E-state index in [-0.39, 0.29) is 0 Å². The predicted molar refractivity (Wildman–Crippen MR) is 255 cm³/mol. The number of benzene rings is 9. The van der Waals surface area contributed by atoms with Crippen molar-refractivity contribution in [3.8, 4) is 0 Å². The summed E-state index contributed by atoms with van der Waals surface area (Å²) in [6.45, 7) is 4.41. The fraction of sp³-hybridized carbons (Fsp3) is 0.0357. The van der Waals surface area contributed by atoms with E-state index in [1.807, 2.05) is 0 Å². The van der Waals surface area contributed by atoms with Gasteiger partial charge in [-0.3, -0.25) is 0 Å². The lowest BCUT2D eigenvalue weighted by molar-refractivity contribution is 1.30. The maximum Gasteiger partial charge on any atom is 0.0641 e. The molecule has 282 valence electrons. The topological polar surface area (TPSA) is 15.3 Å². The van der Waals surface area contributed by atoms with Crippen LogP contribution in [0.5, 0.6) is 0 Å². The van der Waals surface area contributed by atoms with E-state index in [0.717, 1.165) is 22.7 Å². The Bertz CT molecular complexity index is 3440. The van der Waals surface area contributed by atoms with Crippen molar-refractivity contribution in [3.63, 3.8) is 0 Å². The van der Waals surface area contributed by atoms with Crippen molar-refractivity contribution < 1.29 is 0 Å². The normalized spacial score (nSPS) is 12.2. The fourth-order valence-corrected chi connectivity index (χ4v) is 10.3. The minimum atomic E-state index is 1.13. The van der Waals surface area contributed by atoms with Crippen LogP contribution in [0, 0.1) is 13.8 Å². The van der Waals surface area contributed by atoms with Crippen LogP contribution in [-0.4, -0.2) is 8.80 Å². The smallest absolute Gasteiger partial charge is 0.0641 e. The van der Waals surface area contributed by atoms with Gasteiger partial charge in [-0.2, -0.15) is 0 Å². The number of hydrogen-bond donors (Lipinski definition) is 0. The zero-order valence-electron chi connectivity index (χ0n) is 33.3. The molecule has 13 aromatic rings. The summed E-state index contributed by atoms with van der Waals surface area (Å²) in [5.74, 6) is 0. The fourth-order valence-electron chi connectivity index (χ4n) is 10.3. The highest BCUT2D eigenvalue weighted by molar-refractivity contribution is 6.32. The van der Waals surface area contributed by atoms with Crippen molar-refractivity contribution in [1.82, 2.24) is 8.80 Å². The molecule has 60 heavy (non-hydrogen) atoms. The molecule has 0 aliphatic carbocycles. The van der Waals surface area contributed by atoms with Gasteiger partial charge in [-0.25, -0.2) is 0 Å². The van der Waals surface area contributed by atoms with Crippen LogP contribution in [0.25, 0.3) is 76.2 Å². The van der Waals surface area contributed by atoms with Crippen LogP contribution in [0.15, 0.2) is 194 Å². The molecule has 0 saturated carbocycles. The molecule has 4 heteroatoms. The summed E-state index contributed by atoms with van der Waals surface area (Å²) in [4.78, 5) is 4.83. The van der Waals surface area contributed by atoms with E-state index in [1.54, 1.807) is 0 Å². The lowest BCUT2D eigenvalue weighted by Crippen LogP contribution is -2.10. The summed E-state index contributed by atoms with van der Waals surface area (Å²) in [6, 6.07) is 71.4. The zero-order valence-corrected chi connectivity index (χ0v) is 33.3. The summed E-state index contributed by atoms with van der Waals surface area (Å²) in [7, 11) is 0. The largest absolute Gasteiger partial charge is 0.310 e. The average molecular weight is 767 g/mol. The maximum atomic E-state index is 2.55. The highest BCUT2D eigenvalue weighted by Gasteiger charge is 2.28. The van der Waals surface area contributed by atoms with Crippen LogP contribution < -0.4 is 9.80 Å². The molecule has 0 saturated heterocycles. The first-order valence-electron chi connectivity index (χ1n) is 20.8. The van der Waals surface area contributed by atoms with Gasteiger partial charge in [0.15, 0.2) is 0 Å². The van der Waals surface area contributed by atoms with Crippen LogP contribution in [0.2, 0.25) is 0 Å². The van der Waals surface area contributed by atoms with Crippen molar-refractivity contribution in [2.24, 2.45) is 0 Å². The second kappa shape index (κ2) is 12.3. The van der Waals surface area contributed by atoms with E-state index in [1.165, 1.54) is 98.7 Å². The van der Waals surface area contributed by atoms with Gasteiger partial charge in [0.1, 0.15) is 0 Å². The third-order valence-corrected chi connectivity index (χ3v) is 12.8. The Morgan fingerprint density at radius 2 is 0.617 bits per heavy atom. The summed E-state index contributed by atoms with van der Waals surface area (Å²) >= 11 is 0. The van der Waals surface area contributed by atoms with E-state index in [0.29, 0.717) is 0 Å². The molecule has 0 aliphatic rings. The third-order valence-electron chi connectivity index (χ3n) is 12.8. The van der Waals surface area contributed by atoms with Gasteiger partial charge >= 0.3 is 0 Å². The molecule has 0 amide bonds. The van der Waals surface area contributed by atoms with Crippen molar-refractivity contribution in [1.29, 1.82) is 0 Å². The van der Waals surface area contributed by atoms with Crippen molar-refractivity contribution >= 4 is 110 Å². The van der Waals surface area contributed by atoms with E-state index in [2.05, 4.69) is 227 Å². The van der Waals surface area contributed by atoms with Crippen molar-refractivity contribution in [2.75, 3.05) is 9.80 Å². The van der Waals surface area contributed by atoms with Crippen LogP contribution in [0.4, 0.5) is 34.1 Å². The van der Waals surface area contributed by atoms with Crippen molar-refractivity contribution in [3.05, 3.63) is 205 Å². The lowest BCUT2D eigenvalue weighted by atomic mass is 10.0. The maximum absolute atomic E-state index is 2.55. The number of rotatable bonds is 6. The van der Waals surface area contributed by atoms with Crippen LogP contribution in [0.3, 0.4) is 0 Å². The van der Waals surface area contributed by atoms with E-state index < -0.39 is 0 Å². The molecule has 0 spiro atoms. The second-order valence-corrected chi connectivity index (χ2v) is 16.3. The molecule has 4 heterocycles. The minimum absolute atomic E-state index is 1.13. The van der Waals surface area contributed by atoms with Gasteiger partial charge < -0.3 is 18.6 Å². The molecule has 0 atom stereocenters. The number of hydrogen-bond acceptors (Lipinski definition) is 2. The molecular formula is C56H38N4. The summed E-state index contributed by atoms with van der Waals surface area (Å²) < 4.78 is 5.10. The van der Waals surface area contributed by atoms with E-state index in [9.17, 15) is 0 Å². The van der Waals surface area contributed by atoms with Gasteiger partial charge in [0.25, 0.3) is 0 Å². The Morgan fingerprint density at radius 1 is 0.300 bits per heavy atom. The molecular weight excluding hydrogens is 729 g/mol. The average Bonchev–Trinajstić information content (AvgIpc) is 4.01. The summed E-state index contributed by atoms with van der Waals surface area (Å²) in [5, 5.41) is 10.1. The Hall–Kier alpha value is -7.82. The lowest BCUT2D eigenvalue weighted by Gasteiger charge is -2.26. The predicted octanol–water partition coefficient (Wildman–Crippen LogP) is 15.5. The van der Waals surface area contributed by atoms with Gasteiger partial charge in [-0.05, 0) is 110 Å². The number of aromatic nitrogens is 2. The zero-order chi connectivity index (χ0) is 39.6. The van der Waals surface area contributed by atoms with Crippen molar-refractivity contribution in [2.45, 2.75) is 13.8 Å². The van der Waals surface area contributed by atoms with E-state index >= 15 is 0 Å². The molecule has 0 N–H and O–H groups in total. The van der Waals surface area contributed by atoms with Gasteiger partial charge in [0.2, 0.25) is 0 Å². The molecule has 4 nitrogen and oxygen atoms in total. The standard InChI is InChI=1S/C56H38N4/c1-35-23-25-43-49(31-35)59-51-33-46-42-28-30-48(58(39-19-11-5-12-20-39)40-21-13-6-14-22-40)54-44-26-24-36(2)32-50(44)60(56(42)54)52(46)34-45(51)41-27-29-47(53(43)55(41)59)57(37-15-7-3-8-16-37)38-17-9-4-10-18-38/h3-34H,1-2H3. The molecule has 9 aromatic carbocycles. The quantitative estimate of drug-likeness (QED) is 0.167. The van der Waals surface area contributed by atoms with Gasteiger partial charge in [0, 0.05) is 65.8 Å². The number of para-hydroxylation sites is 4. The molecule has 0 radical (unpaired) electrons. The Labute approximate surface area is 346 Å². The van der Waals surface area contributed by atoms with Crippen LogP contribution >= 0.6 is 0 Å². The summed E-state index contributed by atoms with van der Waals surface area (Å²) in [5.41, 5.74) is 16.8. The van der Waals surface area contributed by atoms with Gasteiger partial charge in [-0.1, -0.05) is 109 Å². The van der Waals surface area contributed by atoms with Gasteiger partial charge in [0.05, 0.1) is 44.5 Å².